The molecule has 0 unspecified atom stereocenters. The van der Waals surface area contributed by atoms with Crippen LogP contribution < -0.4 is 10.8 Å². The van der Waals surface area contributed by atoms with Crippen molar-refractivity contribution in [1.82, 2.24) is 0 Å². The molecule has 1 aromatic carbocycles. The van der Waals surface area contributed by atoms with Crippen molar-refractivity contribution in [2.45, 2.75) is 19.8 Å². The van der Waals surface area contributed by atoms with E-state index in [0.29, 0.717) is 5.92 Å². The van der Waals surface area contributed by atoms with Crippen LogP contribution in [0.1, 0.15) is 25.3 Å². The third-order valence-corrected chi connectivity index (χ3v) is 2.66. The first-order chi connectivity index (χ1) is 6.06. The molecule has 0 heterocycles. The standard InChI is InChI=1S/C10H15BBrN/c1-6(2)8-4-7(12)5-9(11)10(8)13-3/h4-6,13H,11H2,1-3H3. The summed E-state index contributed by atoms with van der Waals surface area (Å²) in [6.07, 6.45) is 0. The first-order valence-corrected chi connectivity index (χ1v) is 5.33. The Bertz CT molecular complexity index is 310. The number of halogens is 1. The van der Waals surface area contributed by atoms with Gasteiger partial charge in [0.25, 0.3) is 0 Å². The summed E-state index contributed by atoms with van der Waals surface area (Å²) in [5.41, 5.74) is 3.92. The minimum absolute atomic E-state index is 0.554. The van der Waals surface area contributed by atoms with Gasteiger partial charge in [-0.2, -0.15) is 0 Å². The molecule has 0 spiro atoms. The van der Waals surface area contributed by atoms with Crippen molar-refractivity contribution in [3.63, 3.8) is 0 Å². The van der Waals surface area contributed by atoms with Gasteiger partial charge in [0, 0.05) is 17.2 Å². The van der Waals surface area contributed by atoms with Crippen LogP contribution in [0.2, 0.25) is 0 Å². The molecule has 0 fully saturated rings. The van der Waals surface area contributed by atoms with Crippen LogP contribution in [0, 0.1) is 0 Å². The lowest BCUT2D eigenvalue weighted by molar-refractivity contribution is 0.868. The van der Waals surface area contributed by atoms with Gasteiger partial charge in [-0.3, -0.25) is 0 Å². The van der Waals surface area contributed by atoms with Crippen molar-refractivity contribution in [2.24, 2.45) is 0 Å². The normalized spacial score (nSPS) is 10.5. The van der Waals surface area contributed by atoms with Gasteiger partial charge in [0.2, 0.25) is 0 Å². The minimum Gasteiger partial charge on any atom is -0.388 e. The number of hydrogen-bond acceptors (Lipinski definition) is 1. The largest absolute Gasteiger partial charge is 0.388 e. The minimum atomic E-state index is 0.554. The fourth-order valence-corrected chi connectivity index (χ4v) is 2.16. The second-order valence-electron chi connectivity index (χ2n) is 3.59. The van der Waals surface area contributed by atoms with Crippen LogP contribution >= 0.6 is 15.9 Å². The number of anilines is 1. The Hall–Kier alpha value is -0.435. The quantitative estimate of drug-likeness (QED) is 0.778. The van der Waals surface area contributed by atoms with E-state index in [1.807, 2.05) is 7.05 Å². The Labute approximate surface area is 89.5 Å². The maximum Gasteiger partial charge on any atom is 0.142 e. The molecule has 70 valence electrons. The van der Waals surface area contributed by atoms with E-state index >= 15 is 0 Å². The second kappa shape index (κ2) is 4.18. The van der Waals surface area contributed by atoms with Gasteiger partial charge in [0.05, 0.1) is 0 Å². The topological polar surface area (TPSA) is 12.0 Å². The predicted molar refractivity (Wildman–Crippen MR) is 66.0 cm³/mol. The van der Waals surface area contributed by atoms with Crippen LogP contribution in [-0.2, 0) is 0 Å². The molecule has 0 aliphatic rings. The lowest BCUT2D eigenvalue weighted by Crippen LogP contribution is -2.13. The summed E-state index contributed by atoms with van der Waals surface area (Å²) < 4.78 is 1.16. The second-order valence-corrected chi connectivity index (χ2v) is 4.51. The number of benzene rings is 1. The summed E-state index contributed by atoms with van der Waals surface area (Å²) in [5.74, 6) is 0.554. The molecule has 1 rings (SSSR count). The first-order valence-electron chi connectivity index (χ1n) is 4.54. The summed E-state index contributed by atoms with van der Waals surface area (Å²) in [6, 6.07) is 4.32. The van der Waals surface area contributed by atoms with Crippen molar-refractivity contribution >= 4 is 34.9 Å². The molecule has 3 heteroatoms. The molecule has 0 amide bonds. The number of nitrogens with one attached hydrogen (secondary N) is 1. The highest BCUT2D eigenvalue weighted by Crippen LogP contribution is 2.25. The molecule has 0 radical (unpaired) electrons. The smallest absolute Gasteiger partial charge is 0.142 e. The summed E-state index contributed by atoms with van der Waals surface area (Å²) in [7, 11) is 4.10. The van der Waals surface area contributed by atoms with Crippen LogP contribution in [0.3, 0.4) is 0 Å². The highest BCUT2D eigenvalue weighted by atomic mass is 79.9. The number of rotatable bonds is 2. The molecule has 0 aliphatic heterocycles. The lowest BCUT2D eigenvalue weighted by Gasteiger charge is -2.15. The van der Waals surface area contributed by atoms with Crippen molar-refractivity contribution in [3.8, 4) is 0 Å². The van der Waals surface area contributed by atoms with E-state index < -0.39 is 0 Å². The Kier molecular flexibility index (Phi) is 3.43. The lowest BCUT2D eigenvalue weighted by atomic mass is 9.88. The third kappa shape index (κ3) is 2.28. The van der Waals surface area contributed by atoms with E-state index in [2.05, 4.69) is 55.1 Å². The van der Waals surface area contributed by atoms with Gasteiger partial charge in [-0.1, -0.05) is 41.3 Å². The average molecular weight is 240 g/mol. The molecule has 1 nitrogen and oxygen atoms in total. The van der Waals surface area contributed by atoms with Gasteiger partial charge >= 0.3 is 0 Å². The molecule has 0 aromatic heterocycles. The molecular weight excluding hydrogens is 225 g/mol. The first kappa shape index (κ1) is 10.6. The van der Waals surface area contributed by atoms with E-state index in [1.54, 1.807) is 0 Å². The Balaban J connectivity index is 3.29. The van der Waals surface area contributed by atoms with Crippen molar-refractivity contribution in [3.05, 3.63) is 22.2 Å². The molecule has 0 saturated heterocycles. The molecule has 0 atom stereocenters. The van der Waals surface area contributed by atoms with Crippen LogP contribution in [0.25, 0.3) is 0 Å². The monoisotopic (exact) mass is 239 g/mol. The highest BCUT2D eigenvalue weighted by molar-refractivity contribution is 9.10. The molecule has 0 saturated carbocycles. The fraction of sp³-hybridized carbons (Fsp3) is 0.400. The van der Waals surface area contributed by atoms with Gasteiger partial charge in [-0.25, -0.2) is 0 Å². The summed E-state index contributed by atoms with van der Waals surface area (Å²) >= 11 is 3.52. The molecular formula is C10H15BBrN. The Morgan fingerprint density at radius 2 is 2.00 bits per heavy atom. The van der Waals surface area contributed by atoms with E-state index in [1.165, 1.54) is 16.7 Å². The van der Waals surface area contributed by atoms with Crippen LogP contribution in [-0.4, -0.2) is 14.9 Å². The SMILES string of the molecule is Bc1cc(Br)cc(C(C)C)c1NC. The van der Waals surface area contributed by atoms with E-state index in [9.17, 15) is 0 Å². The third-order valence-electron chi connectivity index (χ3n) is 2.20. The Morgan fingerprint density at radius 1 is 1.38 bits per heavy atom. The zero-order valence-corrected chi connectivity index (χ0v) is 10.2. The summed E-state index contributed by atoms with van der Waals surface area (Å²) in [4.78, 5) is 0. The molecule has 1 N–H and O–H groups in total. The average Bonchev–Trinajstić information content (AvgIpc) is 2.02. The number of hydrogen-bond donors (Lipinski definition) is 1. The van der Waals surface area contributed by atoms with E-state index in [0.717, 1.165) is 4.47 Å². The maximum absolute atomic E-state index is 3.52. The molecule has 13 heavy (non-hydrogen) atoms. The summed E-state index contributed by atoms with van der Waals surface area (Å²) in [6.45, 7) is 4.42. The zero-order chi connectivity index (χ0) is 10.0. The zero-order valence-electron chi connectivity index (χ0n) is 8.61. The van der Waals surface area contributed by atoms with Gasteiger partial charge < -0.3 is 5.32 Å². The van der Waals surface area contributed by atoms with E-state index in [4.69, 9.17) is 0 Å². The summed E-state index contributed by atoms with van der Waals surface area (Å²) in [5, 5.41) is 3.25. The van der Waals surface area contributed by atoms with Crippen LogP contribution in [0.5, 0.6) is 0 Å². The molecule has 0 aliphatic carbocycles. The predicted octanol–water partition coefficient (Wildman–Crippen LogP) is 1.87. The van der Waals surface area contributed by atoms with Gasteiger partial charge in [0.15, 0.2) is 0 Å². The van der Waals surface area contributed by atoms with Crippen LogP contribution in [0.4, 0.5) is 5.69 Å². The molecule has 1 aromatic rings. The van der Waals surface area contributed by atoms with Gasteiger partial charge in [-0.05, 0) is 17.5 Å². The van der Waals surface area contributed by atoms with Gasteiger partial charge in [0.1, 0.15) is 7.85 Å². The van der Waals surface area contributed by atoms with Crippen molar-refractivity contribution < 1.29 is 0 Å². The highest BCUT2D eigenvalue weighted by Gasteiger charge is 2.08. The maximum atomic E-state index is 3.52. The Morgan fingerprint density at radius 3 is 2.46 bits per heavy atom. The fourth-order valence-electron chi connectivity index (χ4n) is 1.57. The van der Waals surface area contributed by atoms with Crippen LogP contribution in [0.15, 0.2) is 16.6 Å². The van der Waals surface area contributed by atoms with Gasteiger partial charge in [-0.15, -0.1) is 0 Å². The van der Waals surface area contributed by atoms with E-state index in [-0.39, 0.29) is 0 Å². The van der Waals surface area contributed by atoms with Crippen molar-refractivity contribution in [1.29, 1.82) is 0 Å². The van der Waals surface area contributed by atoms with Crippen molar-refractivity contribution in [2.75, 3.05) is 12.4 Å². The molecule has 0 bridgehead atoms.